The Morgan fingerprint density at radius 3 is 1.26 bits per heavy atom. The van der Waals surface area contributed by atoms with Gasteiger partial charge in [-0.1, -0.05) is 41.5 Å². The maximum Gasteiger partial charge on any atom is 0.306 e. The Bertz CT molecular complexity index is 2070. The molecule has 416 valence electrons. The van der Waals surface area contributed by atoms with Crippen LogP contribution in [0.15, 0.2) is 0 Å². The van der Waals surface area contributed by atoms with E-state index in [-0.39, 0.29) is 83.6 Å². The molecule has 8 aliphatic carbocycles. The first kappa shape index (κ1) is 56.9. The number of nitrogens with one attached hydrogen (secondary N) is 2. The molecule has 8 fully saturated rings. The summed E-state index contributed by atoms with van der Waals surface area (Å²) in [5.41, 5.74) is 1.02. The number of rotatable bonds is 20. The van der Waals surface area contributed by atoms with Crippen LogP contribution in [0.2, 0.25) is 0 Å². The lowest BCUT2D eigenvalue weighted by molar-refractivity contribution is -0.164. The van der Waals surface area contributed by atoms with E-state index in [9.17, 15) is 36.0 Å². The molecule has 0 aromatic carbocycles. The fourth-order valence-corrected chi connectivity index (χ4v) is 20.1. The maximum atomic E-state index is 13.3. The van der Waals surface area contributed by atoms with Crippen LogP contribution in [0.4, 0.5) is 0 Å². The number of hydrogen-bond acceptors (Lipinski definition) is 10. The summed E-state index contributed by atoms with van der Waals surface area (Å²) in [6.45, 7) is 14.6. The van der Waals surface area contributed by atoms with Crippen molar-refractivity contribution < 1.29 is 54.6 Å². The number of carbonyl (C=O) groups is 4. The number of fused-ring (bicyclic) bond motifs is 10. The number of hydrogen-bond donors (Lipinski definition) is 4. The molecule has 0 radical (unpaired) electrons. The number of ether oxygens (including phenoxy) is 2. The van der Waals surface area contributed by atoms with Gasteiger partial charge in [0.1, 0.15) is 12.2 Å². The Morgan fingerprint density at radius 2 is 0.877 bits per heavy atom. The molecule has 0 bridgehead atoms. The highest BCUT2D eigenvalue weighted by molar-refractivity contribution is 7.86. The first-order valence-electron chi connectivity index (χ1n) is 29.2. The minimum atomic E-state index is -4.10. The van der Waals surface area contributed by atoms with Crippen LogP contribution in [0.3, 0.4) is 0 Å². The highest BCUT2D eigenvalue weighted by Crippen LogP contribution is 2.70. The minimum Gasteiger partial charge on any atom is -0.462 e. The molecular formula is C57H94N2O12S2. The third-order valence-electron chi connectivity index (χ3n) is 23.1. The number of carbonyl (C=O) groups excluding carboxylic acids is 4. The molecule has 0 aliphatic heterocycles. The highest BCUT2D eigenvalue weighted by Gasteiger charge is 2.62. The zero-order valence-corrected chi connectivity index (χ0v) is 47.0. The van der Waals surface area contributed by atoms with Crippen LogP contribution in [0.1, 0.15) is 202 Å². The van der Waals surface area contributed by atoms with Crippen molar-refractivity contribution in [3.05, 3.63) is 0 Å². The molecule has 16 heteroatoms. The van der Waals surface area contributed by atoms with Crippen LogP contribution >= 0.6 is 0 Å². The van der Waals surface area contributed by atoms with Crippen molar-refractivity contribution in [2.75, 3.05) is 24.6 Å². The van der Waals surface area contributed by atoms with E-state index in [4.69, 9.17) is 18.6 Å². The van der Waals surface area contributed by atoms with Gasteiger partial charge in [0.05, 0.1) is 11.5 Å². The molecule has 73 heavy (non-hydrogen) atoms. The van der Waals surface area contributed by atoms with Crippen LogP contribution in [0.25, 0.3) is 0 Å². The SMILES string of the molecule is C[C@H](CCC(=O)NCCS(=O)(=O)O)[C@H]1CC[C@H]2[C@@H]3CCC4C[C@H](OC(=O)CCCC(=O)O[C@H]5CC[C@@]6(C)C(CC[C@H]7[C@@H]8CC[C@H]([C@H](C)CCC(=O)NCCS(=O)(=O)O)[C@@]8(C)CC[C@@H]76)C5)CC[C@]4(C)[C@H]3CC[C@]12C. The molecule has 0 aromatic rings. The van der Waals surface area contributed by atoms with E-state index < -0.39 is 31.7 Å². The first-order chi connectivity index (χ1) is 34.3. The standard InChI is InChI=1S/C57H94N2O12S2/c1-36(10-20-50(60)58-30-32-72(64,65)66)44-16-18-46-42-14-12-38-34-40(22-26-54(38,3)48(42)24-28-56(44,46)5)70-52(62)8-7-9-53(63)71-41-23-27-55(4)39(35-41)13-15-43-47-19-17-45(57(47,6)29-25-49(43)55)37(2)11-21-51(61)59-31-33-73(67,68)69/h36-49H,7-35H2,1-6H3,(H,58,60)(H,59,61)(H,64,65,66)(H,67,68,69)/t36-,37-,38?,39?,40-,41+,42+,43+,44-,45-,46+,47+,48+,49+,54+,55+,56-,57-/m1/s1. The van der Waals surface area contributed by atoms with Crippen LogP contribution in [-0.4, -0.2) is 86.5 Å². The van der Waals surface area contributed by atoms with E-state index in [1.54, 1.807) is 0 Å². The first-order valence-corrected chi connectivity index (χ1v) is 32.4. The average Bonchev–Trinajstić information content (AvgIpc) is 3.86. The van der Waals surface area contributed by atoms with E-state index in [2.05, 4.69) is 52.2 Å². The maximum absolute atomic E-state index is 13.3. The summed E-state index contributed by atoms with van der Waals surface area (Å²) in [7, 11) is -8.20. The lowest BCUT2D eigenvalue weighted by atomic mass is 9.44. The second-order valence-electron chi connectivity index (χ2n) is 26.7. The molecule has 0 spiro atoms. The van der Waals surface area contributed by atoms with Gasteiger partial charge in [-0.15, -0.1) is 0 Å². The fourth-order valence-electron chi connectivity index (χ4n) is 19.4. The summed E-state index contributed by atoms with van der Waals surface area (Å²) in [5.74, 6) is 5.53. The van der Waals surface area contributed by atoms with Gasteiger partial charge in [-0.3, -0.25) is 28.3 Å². The fraction of sp³-hybridized carbons (Fsp3) is 0.930. The smallest absolute Gasteiger partial charge is 0.306 e. The van der Waals surface area contributed by atoms with Gasteiger partial charge in [0.25, 0.3) is 20.2 Å². The molecule has 14 nitrogen and oxygen atoms in total. The number of esters is 2. The van der Waals surface area contributed by atoms with Gasteiger partial charge >= 0.3 is 11.9 Å². The van der Waals surface area contributed by atoms with Crippen molar-refractivity contribution >= 4 is 44.0 Å². The van der Waals surface area contributed by atoms with Gasteiger partial charge in [0.2, 0.25) is 11.8 Å². The van der Waals surface area contributed by atoms with Crippen LogP contribution in [-0.2, 0) is 48.9 Å². The van der Waals surface area contributed by atoms with Gasteiger partial charge in [-0.2, -0.15) is 16.8 Å². The van der Waals surface area contributed by atoms with E-state index in [0.29, 0.717) is 90.3 Å². The zero-order valence-electron chi connectivity index (χ0n) is 45.4. The van der Waals surface area contributed by atoms with Crippen molar-refractivity contribution in [1.29, 1.82) is 0 Å². The Labute approximate surface area is 438 Å². The molecule has 0 heterocycles. The normalized spacial score (nSPS) is 40.8. The zero-order chi connectivity index (χ0) is 52.7. The van der Waals surface area contributed by atoms with Gasteiger partial charge in [0, 0.05) is 38.8 Å². The molecule has 0 aromatic heterocycles. The largest absolute Gasteiger partial charge is 0.462 e. The van der Waals surface area contributed by atoms with Gasteiger partial charge in [-0.25, -0.2) is 0 Å². The van der Waals surface area contributed by atoms with Crippen LogP contribution < -0.4 is 10.6 Å². The van der Waals surface area contributed by atoms with Crippen molar-refractivity contribution in [2.45, 2.75) is 214 Å². The molecular weight excluding hydrogens is 969 g/mol. The van der Waals surface area contributed by atoms with Crippen molar-refractivity contribution in [3.8, 4) is 0 Å². The lowest BCUT2D eigenvalue weighted by Gasteiger charge is -2.61. The molecule has 18 atom stereocenters. The van der Waals surface area contributed by atoms with Gasteiger partial charge < -0.3 is 20.1 Å². The van der Waals surface area contributed by atoms with Crippen LogP contribution in [0, 0.1) is 92.7 Å². The summed E-state index contributed by atoms with van der Waals surface area (Å²) in [5, 5.41) is 5.30. The van der Waals surface area contributed by atoms with E-state index in [0.717, 1.165) is 51.4 Å². The molecule has 0 saturated heterocycles. The summed E-state index contributed by atoms with van der Waals surface area (Å²) in [4.78, 5) is 51.5. The number of amides is 2. The molecule has 4 N–H and O–H groups in total. The average molecular weight is 1060 g/mol. The molecule has 8 saturated carbocycles. The third-order valence-corrected chi connectivity index (χ3v) is 24.6. The topological polar surface area (TPSA) is 220 Å². The summed E-state index contributed by atoms with van der Waals surface area (Å²) in [6, 6.07) is 0. The van der Waals surface area contributed by atoms with Crippen molar-refractivity contribution in [1.82, 2.24) is 10.6 Å². The minimum absolute atomic E-state index is 0.0609. The Kier molecular flexibility index (Phi) is 17.6. The second kappa shape index (κ2) is 22.6. The quantitative estimate of drug-likeness (QED) is 0.0661. The summed E-state index contributed by atoms with van der Waals surface area (Å²) < 4.78 is 74.5. The van der Waals surface area contributed by atoms with Crippen molar-refractivity contribution in [3.63, 3.8) is 0 Å². The van der Waals surface area contributed by atoms with Crippen molar-refractivity contribution in [2.24, 2.45) is 92.7 Å². The Balaban J connectivity index is 0.728. The molecule has 2 amide bonds. The molecule has 8 aliphatic rings. The summed E-state index contributed by atoms with van der Waals surface area (Å²) >= 11 is 0. The molecule has 2 unspecified atom stereocenters. The van der Waals surface area contributed by atoms with Crippen LogP contribution in [0.5, 0.6) is 0 Å². The Hall–Kier alpha value is -2.30. The van der Waals surface area contributed by atoms with E-state index in [1.165, 1.54) is 77.0 Å². The second-order valence-corrected chi connectivity index (χ2v) is 29.8. The lowest BCUT2D eigenvalue weighted by Crippen LogP contribution is -2.54. The van der Waals surface area contributed by atoms with E-state index >= 15 is 0 Å². The Morgan fingerprint density at radius 1 is 0.507 bits per heavy atom. The highest BCUT2D eigenvalue weighted by atomic mass is 32.2. The summed E-state index contributed by atoms with van der Waals surface area (Å²) in [6.07, 6.45) is 23.5. The van der Waals surface area contributed by atoms with Gasteiger partial charge in [0.15, 0.2) is 0 Å². The predicted octanol–water partition coefficient (Wildman–Crippen LogP) is 10.1. The monoisotopic (exact) mass is 1060 g/mol. The molecule has 8 rings (SSSR count). The van der Waals surface area contributed by atoms with Gasteiger partial charge in [-0.05, 0) is 228 Å². The predicted molar refractivity (Wildman–Crippen MR) is 280 cm³/mol. The van der Waals surface area contributed by atoms with E-state index in [1.807, 2.05) is 0 Å². The third kappa shape index (κ3) is 12.5.